The number of thiazole rings is 1. The van der Waals surface area contributed by atoms with E-state index in [0.29, 0.717) is 23.9 Å². The van der Waals surface area contributed by atoms with Gasteiger partial charge in [0.15, 0.2) is 0 Å². The van der Waals surface area contributed by atoms with Crippen LogP contribution in [0.25, 0.3) is 10.2 Å². The molecule has 0 amide bonds. The van der Waals surface area contributed by atoms with E-state index in [2.05, 4.69) is 21.3 Å². The van der Waals surface area contributed by atoms with E-state index in [9.17, 15) is 10.2 Å². The molecular formula is C18H20N4O2S. The maximum Gasteiger partial charge on any atom is 0.231 e. The maximum atomic E-state index is 9.24. The predicted octanol–water partition coefficient (Wildman–Crippen LogP) is 3.81. The second-order valence-corrected chi connectivity index (χ2v) is 6.60. The van der Waals surface area contributed by atoms with Crippen molar-refractivity contribution in [3.63, 3.8) is 0 Å². The number of aliphatic hydroxyl groups is 2. The van der Waals surface area contributed by atoms with E-state index in [-0.39, 0.29) is 13.2 Å². The maximum absolute atomic E-state index is 9.24. The Hall–Kier alpha value is -2.35. The lowest BCUT2D eigenvalue weighted by Crippen LogP contribution is -2.29. The monoisotopic (exact) mass is 356 g/mol. The van der Waals surface area contributed by atoms with Crippen molar-refractivity contribution in [1.82, 2.24) is 4.98 Å². The fourth-order valence-electron chi connectivity index (χ4n) is 2.57. The van der Waals surface area contributed by atoms with Gasteiger partial charge in [-0.15, -0.1) is 10.2 Å². The van der Waals surface area contributed by atoms with E-state index in [1.807, 2.05) is 48.2 Å². The summed E-state index contributed by atoms with van der Waals surface area (Å²) in [6.07, 6.45) is 0. The van der Waals surface area contributed by atoms with Crippen LogP contribution in [0, 0.1) is 6.92 Å². The van der Waals surface area contributed by atoms with Gasteiger partial charge in [-0.1, -0.05) is 29.5 Å². The van der Waals surface area contributed by atoms with Crippen molar-refractivity contribution >= 4 is 38.1 Å². The third-order valence-corrected chi connectivity index (χ3v) is 4.64. The molecule has 1 aromatic heterocycles. The fourth-order valence-corrected chi connectivity index (χ4v) is 3.45. The summed E-state index contributed by atoms with van der Waals surface area (Å²) in [6.45, 7) is 2.90. The van der Waals surface area contributed by atoms with Gasteiger partial charge < -0.3 is 15.1 Å². The van der Waals surface area contributed by atoms with Crippen LogP contribution in [0.2, 0.25) is 0 Å². The summed E-state index contributed by atoms with van der Waals surface area (Å²) < 4.78 is 1.09. The molecule has 0 bridgehead atoms. The molecule has 0 aliphatic rings. The Labute approximate surface area is 150 Å². The van der Waals surface area contributed by atoms with Gasteiger partial charge in [0.25, 0.3) is 0 Å². The number of nitrogens with zero attached hydrogens (tertiary/aromatic N) is 4. The van der Waals surface area contributed by atoms with Crippen LogP contribution in [0.3, 0.4) is 0 Å². The molecular weight excluding hydrogens is 336 g/mol. The number of aliphatic hydroxyl groups excluding tert-OH is 2. The van der Waals surface area contributed by atoms with Gasteiger partial charge in [0.05, 0.1) is 29.1 Å². The van der Waals surface area contributed by atoms with Crippen molar-refractivity contribution in [3.05, 3.63) is 48.0 Å². The third kappa shape index (κ3) is 4.19. The first kappa shape index (κ1) is 17.5. The van der Waals surface area contributed by atoms with Crippen LogP contribution in [0.5, 0.6) is 0 Å². The first-order valence-electron chi connectivity index (χ1n) is 8.06. The van der Waals surface area contributed by atoms with E-state index in [4.69, 9.17) is 0 Å². The van der Waals surface area contributed by atoms with E-state index in [1.165, 1.54) is 16.9 Å². The molecule has 7 heteroatoms. The summed E-state index contributed by atoms with van der Waals surface area (Å²) in [7, 11) is 0. The van der Waals surface area contributed by atoms with E-state index < -0.39 is 0 Å². The number of aromatic nitrogens is 1. The highest BCUT2D eigenvalue weighted by atomic mass is 32.1. The third-order valence-electron chi connectivity index (χ3n) is 3.74. The van der Waals surface area contributed by atoms with Crippen LogP contribution >= 0.6 is 11.3 Å². The van der Waals surface area contributed by atoms with Crippen molar-refractivity contribution in [2.75, 3.05) is 31.2 Å². The Morgan fingerprint density at radius 1 is 1.04 bits per heavy atom. The average molecular weight is 356 g/mol. The van der Waals surface area contributed by atoms with Crippen LogP contribution in [0.4, 0.5) is 16.5 Å². The quantitative estimate of drug-likeness (QED) is 0.631. The Morgan fingerprint density at radius 2 is 1.80 bits per heavy atom. The molecule has 0 unspecified atom stereocenters. The average Bonchev–Trinajstić information content (AvgIpc) is 3.02. The Morgan fingerprint density at radius 3 is 2.56 bits per heavy atom. The molecule has 0 atom stereocenters. The Bertz CT molecular complexity index is 872. The van der Waals surface area contributed by atoms with Gasteiger partial charge >= 0.3 is 0 Å². The van der Waals surface area contributed by atoms with Crippen molar-refractivity contribution in [3.8, 4) is 0 Å². The number of aryl methyl sites for hydroxylation is 1. The highest BCUT2D eigenvalue weighted by molar-refractivity contribution is 7.21. The standard InChI is InChI=1S/C18H20N4O2S/c1-13-6-7-15-17(12-13)25-18(19-15)21-20-14-4-2-3-5-16(14)22(8-10-23)9-11-24/h2-7,12,23-24H,8-11H2,1H3. The van der Waals surface area contributed by atoms with E-state index in [0.717, 1.165) is 15.9 Å². The Balaban J connectivity index is 1.89. The molecule has 0 saturated carbocycles. The summed E-state index contributed by atoms with van der Waals surface area (Å²) in [4.78, 5) is 6.37. The number of rotatable bonds is 7. The summed E-state index contributed by atoms with van der Waals surface area (Å²) in [6, 6.07) is 13.6. The molecule has 6 nitrogen and oxygen atoms in total. The molecule has 3 aromatic rings. The molecule has 0 radical (unpaired) electrons. The fraction of sp³-hybridized carbons (Fsp3) is 0.278. The largest absolute Gasteiger partial charge is 0.395 e. The molecule has 0 spiro atoms. The summed E-state index contributed by atoms with van der Waals surface area (Å²) in [5.74, 6) is 0. The van der Waals surface area contributed by atoms with E-state index in [1.54, 1.807) is 0 Å². The van der Waals surface area contributed by atoms with Crippen molar-refractivity contribution in [1.29, 1.82) is 0 Å². The van der Waals surface area contributed by atoms with Gasteiger partial charge in [0, 0.05) is 13.1 Å². The number of azo groups is 1. The number of fused-ring (bicyclic) bond motifs is 1. The van der Waals surface area contributed by atoms with Gasteiger partial charge in [0.1, 0.15) is 5.69 Å². The topological polar surface area (TPSA) is 81.3 Å². The van der Waals surface area contributed by atoms with Crippen LogP contribution < -0.4 is 4.90 Å². The number of benzene rings is 2. The first-order chi connectivity index (χ1) is 12.2. The zero-order valence-corrected chi connectivity index (χ0v) is 14.8. The highest BCUT2D eigenvalue weighted by Crippen LogP contribution is 2.33. The van der Waals surface area contributed by atoms with Gasteiger partial charge in [-0.2, -0.15) is 0 Å². The van der Waals surface area contributed by atoms with Crippen LogP contribution in [0.1, 0.15) is 5.56 Å². The molecule has 130 valence electrons. The first-order valence-corrected chi connectivity index (χ1v) is 8.87. The zero-order valence-electron chi connectivity index (χ0n) is 14.0. The summed E-state index contributed by atoms with van der Waals surface area (Å²) in [5.41, 5.74) is 3.61. The predicted molar refractivity (Wildman–Crippen MR) is 101 cm³/mol. The molecule has 0 saturated heterocycles. The van der Waals surface area contributed by atoms with Crippen molar-refractivity contribution < 1.29 is 10.2 Å². The molecule has 2 N–H and O–H groups in total. The van der Waals surface area contributed by atoms with Gasteiger partial charge in [-0.25, -0.2) is 4.98 Å². The van der Waals surface area contributed by atoms with Crippen LogP contribution in [-0.2, 0) is 0 Å². The molecule has 0 aliphatic carbocycles. The van der Waals surface area contributed by atoms with E-state index >= 15 is 0 Å². The molecule has 0 aliphatic heterocycles. The minimum Gasteiger partial charge on any atom is -0.395 e. The zero-order chi connectivity index (χ0) is 17.6. The van der Waals surface area contributed by atoms with Crippen LogP contribution in [0.15, 0.2) is 52.7 Å². The minimum atomic E-state index is 0.00268. The van der Waals surface area contributed by atoms with Gasteiger partial charge in [-0.3, -0.25) is 0 Å². The second kappa shape index (κ2) is 8.15. The molecule has 1 heterocycles. The number of hydrogen-bond acceptors (Lipinski definition) is 7. The molecule has 0 fully saturated rings. The molecule has 3 rings (SSSR count). The second-order valence-electron chi connectivity index (χ2n) is 5.59. The Kier molecular flexibility index (Phi) is 5.70. The lowest BCUT2D eigenvalue weighted by molar-refractivity contribution is 0.281. The number of hydrogen-bond donors (Lipinski definition) is 2. The smallest absolute Gasteiger partial charge is 0.231 e. The normalized spacial score (nSPS) is 11.5. The summed E-state index contributed by atoms with van der Waals surface area (Å²) >= 11 is 1.50. The van der Waals surface area contributed by atoms with Crippen molar-refractivity contribution in [2.24, 2.45) is 10.2 Å². The number of para-hydroxylation sites is 1. The minimum absolute atomic E-state index is 0.00268. The molecule has 2 aromatic carbocycles. The lowest BCUT2D eigenvalue weighted by Gasteiger charge is -2.23. The number of anilines is 1. The lowest BCUT2D eigenvalue weighted by atomic mass is 10.2. The molecule has 25 heavy (non-hydrogen) atoms. The van der Waals surface area contributed by atoms with Gasteiger partial charge in [-0.05, 0) is 36.8 Å². The summed E-state index contributed by atoms with van der Waals surface area (Å²) in [5, 5.41) is 27.7. The van der Waals surface area contributed by atoms with Crippen molar-refractivity contribution in [2.45, 2.75) is 6.92 Å². The highest BCUT2D eigenvalue weighted by Gasteiger charge is 2.10. The van der Waals surface area contributed by atoms with Crippen LogP contribution in [-0.4, -0.2) is 41.5 Å². The van der Waals surface area contributed by atoms with Gasteiger partial charge in [0.2, 0.25) is 5.13 Å². The SMILES string of the molecule is Cc1ccc2nc(N=Nc3ccccc3N(CCO)CCO)sc2c1.